The van der Waals surface area contributed by atoms with Crippen LogP contribution in [-0.2, 0) is 27.3 Å². The Morgan fingerprint density at radius 1 is 1.02 bits per heavy atom. The van der Waals surface area contributed by atoms with E-state index in [-0.39, 0.29) is 37.2 Å². The van der Waals surface area contributed by atoms with Gasteiger partial charge in [0, 0.05) is 35.6 Å². The maximum absolute atomic E-state index is 12.7. The number of hydrogen-bond acceptors (Lipinski definition) is 8. The number of carbonyl (C=O) groups excluding carboxylic acids is 2. The summed E-state index contributed by atoms with van der Waals surface area (Å²) in [5.41, 5.74) is 10.7. The quantitative estimate of drug-likeness (QED) is 0.194. The summed E-state index contributed by atoms with van der Waals surface area (Å²) in [4.78, 5) is 30.9. The van der Waals surface area contributed by atoms with Gasteiger partial charge in [0.15, 0.2) is 0 Å². The molecule has 232 valence electrons. The lowest BCUT2D eigenvalue weighted by molar-refractivity contribution is -0.142. The Morgan fingerprint density at radius 2 is 1.87 bits per heavy atom. The molecule has 2 N–H and O–H groups in total. The largest absolute Gasteiger partial charge is 0.487 e. The van der Waals surface area contributed by atoms with Gasteiger partial charge in [-0.3, -0.25) is 9.48 Å². The summed E-state index contributed by atoms with van der Waals surface area (Å²) in [7, 11) is 0. The number of hydrogen-bond donors (Lipinski definition) is 1. The first-order valence-corrected chi connectivity index (χ1v) is 15.3. The van der Waals surface area contributed by atoms with Gasteiger partial charge in [-0.15, -0.1) is 0 Å². The molecule has 0 saturated carbocycles. The molecule has 1 amide bonds. The first kappa shape index (κ1) is 29.9. The lowest BCUT2D eigenvalue weighted by Gasteiger charge is -2.18. The third kappa shape index (κ3) is 6.26. The average molecular weight is 608 g/mol. The summed E-state index contributed by atoms with van der Waals surface area (Å²) in [6, 6.07) is 21.8. The number of fused-ring (bicyclic) bond motifs is 2. The van der Waals surface area contributed by atoms with Crippen LogP contribution in [0.4, 0.5) is 10.6 Å². The van der Waals surface area contributed by atoms with E-state index < -0.39 is 0 Å². The number of nitrogens with zero attached hydrogens (tertiary/aromatic N) is 4. The maximum atomic E-state index is 12.7. The average Bonchev–Trinajstić information content (AvgIpc) is 3.66. The summed E-state index contributed by atoms with van der Waals surface area (Å²) in [6.07, 6.45) is 2.10. The van der Waals surface area contributed by atoms with Crippen LogP contribution in [0.15, 0.2) is 72.9 Å². The van der Waals surface area contributed by atoms with Gasteiger partial charge in [0.25, 0.3) is 0 Å². The molecular weight excluding hydrogens is 570 g/mol. The molecule has 0 bridgehead atoms. The highest BCUT2D eigenvalue weighted by Crippen LogP contribution is 2.35. The van der Waals surface area contributed by atoms with Crippen molar-refractivity contribution in [2.45, 2.75) is 52.4 Å². The van der Waals surface area contributed by atoms with Crippen LogP contribution in [0.25, 0.3) is 32.8 Å². The maximum Gasteiger partial charge on any atom is 0.410 e. The van der Waals surface area contributed by atoms with Crippen molar-refractivity contribution >= 4 is 39.6 Å². The summed E-state index contributed by atoms with van der Waals surface area (Å²) >= 11 is 0. The fourth-order valence-corrected chi connectivity index (χ4v) is 5.93. The first-order valence-electron chi connectivity index (χ1n) is 15.3. The Hall–Kier alpha value is -5.12. The molecule has 0 spiro atoms. The zero-order valence-corrected chi connectivity index (χ0v) is 25.7. The monoisotopic (exact) mass is 607 g/mol. The standard InChI is InChI=1S/C35H37N5O5/c1-4-43-33(41)19-24-8-5-6-11-32(24)44-21-30-29-18-23(26-9-7-10-28-27(26)14-16-37-34(28)36)12-13-31(29)40(38-30)25-15-17-39(20-25)35(42)45-22(2)3/h5-14,16,18,22,25H,4,15,17,19-21H2,1-3H3,(H2,36,37)/t25-/m0/s1. The molecule has 1 saturated heterocycles. The molecule has 2 aromatic heterocycles. The van der Waals surface area contributed by atoms with Gasteiger partial charge in [-0.2, -0.15) is 5.10 Å². The molecule has 10 heteroatoms. The molecule has 1 aliphatic rings. The number of amides is 1. The van der Waals surface area contributed by atoms with Crippen LogP contribution < -0.4 is 10.5 Å². The molecule has 3 aromatic carbocycles. The third-order valence-corrected chi connectivity index (χ3v) is 8.01. The van der Waals surface area contributed by atoms with Crippen molar-refractivity contribution in [2.75, 3.05) is 25.4 Å². The molecule has 1 aliphatic heterocycles. The van der Waals surface area contributed by atoms with Crippen molar-refractivity contribution in [3.63, 3.8) is 0 Å². The minimum absolute atomic E-state index is 0.0219. The Morgan fingerprint density at radius 3 is 2.69 bits per heavy atom. The molecule has 0 radical (unpaired) electrons. The zero-order chi connectivity index (χ0) is 31.5. The summed E-state index contributed by atoms with van der Waals surface area (Å²) in [5.74, 6) is 0.783. The highest BCUT2D eigenvalue weighted by molar-refractivity contribution is 6.02. The fraction of sp³-hybridized carbons (Fsp3) is 0.314. The Bertz CT molecular complexity index is 1870. The Kier molecular flexibility index (Phi) is 8.55. The summed E-state index contributed by atoms with van der Waals surface area (Å²) in [6.45, 7) is 7.09. The van der Waals surface area contributed by atoms with E-state index in [0.29, 0.717) is 31.3 Å². The third-order valence-electron chi connectivity index (χ3n) is 8.01. The Labute approximate surface area is 261 Å². The first-order chi connectivity index (χ1) is 21.8. The van der Waals surface area contributed by atoms with E-state index >= 15 is 0 Å². The van der Waals surface area contributed by atoms with Crippen LogP contribution in [0, 0.1) is 0 Å². The van der Waals surface area contributed by atoms with E-state index in [4.69, 9.17) is 25.0 Å². The van der Waals surface area contributed by atoms with Crippen LogP contribution in [-0.4, -0.2) is 57.5 Å². The molecule has 1 atom stereocenters. The van der Waals surface area contributed by atoms with Gasteiger partial charge in [0.05, 0.1) is 30.7 Å². The van der Waals surface area contributed by atoms with Gasteiger partial charge in [0.1, 0.15) is 23.9 Å². The molecule has 10 nitrogen and oxygen atoms in total. The van der Waals surface area contributed by atoms with E-state index in [1.807, 2.05) is 61.0 Å². The molecule has 3 heterocycles. The highest BCUT2D eigenvalue weighted by Gasteiger charge is 2.31. The predicted octanol–water partition coefficient (Wildman–Crippen LogP) is 6.31. The number of pyridine rings is 1. The molecule has 6 rings (SSSR count). The van der Waals surface area contributed by atoms with Crippen molar-refractivity contribution in [1.82, 2.24) is 19.7 Å². The number of nitrogens with two attached hydrogens (primary N) is 1. The second-order valence-corrected chi connectivity index (χ2v) is 11.4. The SMILES string of the molecule is CCOC(=O)Cc1ccccc1OCc1nn([C@H]2CCN(C(=O)OC(C)C)C2)c2ccc(-c3cccc4c(N)nccc34)cc12. The van der Waals surface area contributed by atoms with E-state index in [1.54, 1.807) is 18.0 Å². The van der Waals surface area contributed by atoms with E-state index in [1.165, 1.54) is 0 Å². The van der Waals surface area contributed by atoms with Crippen molar-refractivity contribution < 1.29 is 23.8 Å². The van der Waals surface area contributed by atoms with Crippen LogP contribution in [0.2, 0.25) is 0 Å². The van der Waals surface area contributed by atoms with Crippen LogP contribution in [0.5, 0.6) is 5.75 Å². The van der Waals surface area contributed by atoms with Crippen LogP contribution in [0.3, 0.4) is 0 Å². The number of anilines is 1. The smallest absolute Gasteiger partial charge is 0.410 e. The highest BCUT2D eigenvalue weighted by atomic mass is 16.6. The van der Waals surface area contributed by atoms with Crippen LogP contribution in [0.1, 0.15) is 44.5 Å². The number of rotatable bonds is 9. The summed E-state index contributed by atoms with van der Waals surface area (Å²) < 4.78 is 19.0. The molecule has 45 heavy (non-hydrogen) atoms. The van der Waals surface area contributed by atoms with E-state index in [0.717, 1.165) is 50.5 Å². The summed E-state index contributed by atoms with van der Waals surface area (Å²) in [5, 5.41) is 7.91. The number of carbonyl (C=O) groups is 2. The van der Waals surface area contributed by atoms with Crippen molar-refractivity contribution in [3.8, 4) is 16.9 Å². The number of para-hydroxylation sites is 1. The van der Waals surface area contributed by atoms with Gasteiger partial charge in [-0.1, -0.05) is 42.5 Å². The lowest BCUT2D eigenvalue weighted by atomic mass is 9.97. The van der Waals surface area contributed by atoms with Crippen molar-refractivity contribution in [3.05, 3.63) is 84.2 Å². The zero-order valence-electron chi connectivity index (χ0n) is 25.7. The van der Waals surface area contributed by atoms with E-state index in [2.05, 4.69) is 29.2 Å². The second kappa shape index (κ2) is 12.9. The fourth-order valence-electron chi connectivity index (χ4n) is 5.93. The van der Waals surface area contributed by atoms with Gasteiger partial charge in [-0.05, 0) is 68.0 Å². The van der Waals surface area contributed by atoms with Gasteiger partial charge in [0.2, 0.25) is 0 Å². The minimum atomic E-state index is -0.308. The predicted molar refractivity (Wildman–Crippen MR) is 173 cm³/mol. The number of benzene rings is 3. The van der Waals surface area contributed by atoms with Crippen molar-refractivity contribution in [1.29, 1.82) is 0 Å². The molecular formula is C35H37N5O5. The topological polar surface area (TPSA) is 122 Å². The van der Waals surface area contributed by atoms with Crippen LogP contribution >= 0.6 is 0 Å². The van der Waals surface area contributed by atoms with Gasteiger partial charge >= 0.3 is 12.1 Å². The molecule has 1 fully saturated rings. The van der Waals surface area contributed by atoms with Gasteiger partial charge in [-0.25, -0.2) is 9.78 Å². The molecule has 0 unspecified atom stereocenters. The molecule has 0 aliphatic carbocycles. The Balaban J connectivity index is 1.37. The lowest BCUT2D eigenvalue weighted by Crippen LogP contribution is -2.31. The molecule has 5 aromatic rings. The number of ether oxygens (including phenoxy) is 3. The number of likely N-dealkylation sites (tertiary alicyclic amines) is 1. The number of esters is 1. The normalized spacial score (nSPS) is 14.8. The van der Waals surface area contributed by atoms with Gasteiger partial charge < -0.3 is 24.8 Å². The van der Waals surface area contributed by atoms with Crippen molar-refractivity contribution in [2.24, 2.45) is 0 Å². The number of nitrogen functional groups attached to an aromatic ring is 1. The number of aromatic nitrogens is 3. The minimum Gasteiger partial charge on any atom is -0.487 e. The van der Waals surface area contributed by atoms with E-state index in [9.17, 15) is 9.59 Å². The second-order valence-electron chi connectivity index (χ2n) is 11.4.